The van der Waals surface area contributed by atoms with Gasteiger partial charge in [-0.2, -0.15) is 0 Å². The molecule has 2 aromatic rings. The molecule has 1 aromatic carbocycles. The summed E-state index contributed by atoms with van der Waals surface area (Å²) >= 11 is 0. The van der Waals surface area contributed by atoms with Crippen LogP contribution < -0.4 is 0 Å². The zero-order chi connectivity index (χ0) is 17.4. The highest BCUT2D eigenvalue weighted by atomic mass is 16.5. The number of ether oxygens (including phenoxy) is 1. The molecule has 0 spiro atoms. The summed E-state index contributed by atoms with van der Waals surface area (Å²) in [5.74, 6) is 0.662. The lowest BCUT2D eigenvalue weighted by Crippen LogP contribution is -2.52. The fourth-order valence-electron chi connectivity index (χ4n) is 4.36. The van der Waals surface area contributed by atoms with E-state index >= 15 is 0 Å². The van der Waals surface area contributed by atoms with Crippen LogP contribution in [0.15, 0.2) is 36.7 Å². The first kappa shape index (κ1) is 16.3. The SMILES string of the molecule is CO[C@]12CC[C@@H](O)C[C@H]1N(C(=O)c1ccccc1-c1ncc[nH]1)CC2. The van der Waals surface area contributed by atoms with Crippen molar-refractivity contribution in [2.45, 2.75) is 43.4 Å². The summed E-state index contributed by atoms with van der Waals surface area (Å²) in [4.78, 5) is 22.6. The van der Waals surface area contributed by atoms with Gasteiger partial charge in [0.15, 0.2) is 0 Å². The molecule has 1 saturated heterocycles. The van der Waals surface area contributed by atoms with Crippen molar-refractivity contribution in [1.29, 1.82) is 0 Å². The molecule has 1 saturated carbocycles. The number of imidazole rings is 1. The first-order chi connectivity index (χ1) is 12.1. The number of H-pyrrole nitrogens is 1. The highest BCUT2D eigenvalue weighted by molar-refractivity contribution is 6.00. The quantitative estimate of drug-likeness (QED) is 0.897. The number of likely N-dealkylation sites (tertiary alicyclic amines) is 1. The van der Waals surface area contributed by atoms with Crippen molar-refractivity contribution in [2.75, 3.05) is 13.7 Å². The van der Waals surface area contributed by atoms with Crippen LogP contribution in [0.25, 0.3) is 11.4 Å². The number of hydrogen-bond acceptors (Lipinski definition) is 4. The molecular formula is C19H23N3O3. The summed E-state index contributed by atoms with van der Waals surface area (Å²) in [5, 5.41) is 10.1. The minimum absolute atomic E-state index is 0.0231. The van der Waals surface area contributed by atoms with Gasteiger partial charge in [-0.25, -0.2) is 4.98 Å². The van der Waals surface area contributed by atoms with Crippen LogP contribution in [-0.2, 0) is 4.74 Å². The number of benzene rings is 1. The molecular weight excluding hydrogens is 318 g/mol. The number of carbonyl (C=O) groups excluding carboxylic acids is 1. The predicted molar refractivity (Wildman–Crippen MR) is 93.1 cm³/mol. The number of amides is 1. The van der Waals surface area contributed by atoms with Crippen LogP contribution in [0.5, 0.6) is 0 Å². The molecule has 6 nitrogen and oxygen atoms in total. The normalized spacial score (nSPS) is 28.8. The van der Waals surface area contributed by atoms with Gasteiger partial charge in [-0.05, 0) is 31.7 Å². The topological polar surface area (TPSA) is 78.5 Å². The summed E-state index contributed by atoms with van der Waals surface area (Å²) in [5.41, 5.74) is 1.10. The van der Waals surface area contributed by atoms with Crippen molar-refractivity contribution < 1.29 is 14.6 Å². The number of fused-ring (bicyclic) bond motifs is 1. The van der Waals surface area contributed by atoms with Crippen LogP contribution >= 0.6 is 0 Å². The summed E-state index contributed by atoms with van der Waals surface area (Å²) in [6, 6.07) is 7.43. The van der Waals surface area contributed by atoms with Crippen LogP contribution in [0.4, 0.5) is 0 Å². The number of nitrogens with one attached hydrogen (secondary N) is 1. The molecule has 1 amide bonds. The number of methoxy groups -OCH3 is 1. The molecule has 2 aliphatic rings. The second kappa shape index (κ2) is 6.28. The molecule has 6 heteroatoms. The first-order valence-corrected chi connectivity index (χ1v) is 8.77. The molecule has 2 heterocycles. The Morgan fingerprint density at radius 2 is 2.24 bits per heavy atom. The van der Waals surface area contributed by atoms with Crippen molar-refractivity contribution in [2.24, 2.45) is 0 Å². The van der Waals surface area contributed by atoms with Gasteiger partial charge < -0.3 is 19.7 Å². The highest BCUT2D eigenvalue weighted by Gasteiger charge is 2.52. The van der Waals surface area contributed by atoms with Crippen molar-refractivity contribution in [3.05, 3.63) is 42.2 Å². The maximum absolute atomic E-state index is 13.3. The van der Waals surface area contributed by atoms with E-state index in [1.54, 1.807) is 19.5 Å². The third-order valence-electron chi connectivity index (χ3n) is 5.73. The van der Waals surface area contributed by atoms with E-state index in [-0.39, 0.29) is 23.7 Å². The molecule has 0 unspecified atom stereocenters. The highest BCUT2D eigenvalue weighted by Crippen LogP contribution is 2.43. The molecule has 25 heavy (non-hydrogen) atoms. The monoisotopic (exact) mass is 341 g/mol. The van der Waals surface area contributed by atoms with Crippen molar-refractivity contribution in [3.63, 3.8) is 0 Å². The largest absolute Gasteiger partial charge is 0.393 e. The Kier molecular flexibility index (Phi) is 4.09. The van der Waals surface area contributed by atoms with Gasteiger partial charge in [0.25, 0.3) is 5.91 Å². The number of aliphatic hydroxyl groups is 1. The number of nitrogens with zero attached hydrogens (tertiary/aromatic N) is 2. The smallest absolute Gasteiger partial charge is 0.254 e. The molecule has 0 bridgehead atoms. The number of carbonyl (C=O) groups is 1. The Bertz CT molecular complexity index is 761. The maximum Gasteiger partial charge on any atom is 0.254 e. The Hall–Kier alpha value is -2.18. The van der Waals surface area contributed by atoms with Gasteiger partial charge in [0, 0.05) is 31.6 Å². The zero-order valence-corrected chi connectivity index (χ0v) is 14.3. The lowest BCUT2D eigenvalue weighted by molar-refractivity contribution is -0.0824. The predicted octanol–water partition coefficient (Wildman–Crippen LogP) is 2.22. The molecule has 1 aromatic heterocycles. The van der Waals surface area contributed by atoms with Crippen LogP contribution in [0.2, 0.25) is 0 Å². The zero-order valence-electron chi connectivity index (χ0n) is 14.3. The lowest BCUT2D eigenvalue weighted by atomic mass is 9.79. The average molecular weight is 341 g/mol. The minimum Gasteiger partial charge on any atom is -0.393 e. The van der Waals surface area contributed by atoms with Crippen molar-refractivity contribution in [1.82, 2.24) is 14.9 Å². The number of aliphatic hydroxyl groups excluding tert-OH is 1. The number of aromatic nitrogens is 2. The van der Waals surface area contributed by atoms with Crippen molar-refractivity contribution >= 4 is 5.91 Å². The van der Waals surface area contributed by atoms with Crippen LogP contribution in [0.1, 0.15) is 36.0 Å². The van der Waals surface area contributed by atoms with E-state index in [1.165, 1.54) is 0 Å². The standard InChI is InChI=1S/C19H23N3O3/c1-25-19-7-6-13(23)12-16(19)22(11-8-19)18(24)15-5-3-2-4-14(15)17-20-9-10-21-17/h2-5,9-10,13,16,23H,6-8,11-12H2,1H3,(H,20,21)/t13-,16-,19+/m1/s1. The molecule has 0 radical (unpaired) electrons. The summed E-state index contributed by atoms with van der Waals surface area (Å²) < 4.78 is 5.85. The van der Waals surface area contributed by atoms with E-state index in [0.29, 0.717) is 24.4 Å². The van der Waals surface area contributed by atoms with E-state index in [2.05, 4.69) is 9.97 Å². The van der Waals surface area contributed by atoms with Gasteiger partial charge in [0.2, 0.25) is 0 Å². The second-order valence-corrected chi connectivity index (χ2v) is 6.94. The molecule has 3 atom stereocenters. The van der Waals surface area contributed by atoms with E-state index in [0.717, 1.165) is 24.8 Å². The van der Waals surface area contributed by atoms with Gasteiger partial charge in [0.05, 0.1) is 23.3 Å². The van der Waals surface area contributed by atoms with Gasteiger partial charge in [-0.3, -0.25) is 4.79 Å². The molecule has 2 fully saturated rings. The molecule has 2 N–H and O–H groups in total. The van der Waals surface area contributed by atoms with E-state index < -0.39 is 0 Å². The Balaban J connectivity index is 1.68. The minimum atomic E-state index is -0.373. The Morgan fingerprint density at radius 3 is 3.00 bits per heavy atom. The van der Waals surface area contributed by atoms with Gasteiger partial charge in [-0.15, -0.1) is 0 Å². The summed E-state index contributed by atoms with van der Waals surface area (Å²) in [6.45, 7) is 0.649. The van der Waals surface area contributed by atoms with Crippen molar-refractivity contribution in [3.8, 4) is 11.4 Å². The average Bonchev–Trinajstić information content (AvgIpc) is 3.29. The molecule has 1 aliphatic heterocycles. The fraction of sp³-hybridized carbons (Fsp3) is 0.474. The summed E-state index contributed by atoms with van der Waals surface area (Å²) in [7, 11) is 1.72. The molecule has 132 valence electrons. The maximum atomic E-state index is 13.3. The van der Waals surface area contributed by atoms with E-state index in [1.807, 2.05) is 29.2 Å². The summed E-state index contributed by atoms with van der Waals surface area (Å²) in [6.07, 6.45) is 5.97. The van der Waals surface area contributed by atoms with Gasteiger partial charge >= 0.3 is 0 Å². The van der Waals surface area contributed by atoms with Gasteiger partial charge in [0.1, 0.15) is 5.82 Å². The van der Waals surface area contributed by atoms with Gasteiger partial charge in [-0.1, -0.05) is 18.2 Å². The third kappa shape index (κ3) is 2.65. The Labute approximate surface area is 146 Å². The number of hydrogen-bond donors (Lipinski definition) is 2. The first-order valence-electron chi connectivity index (χ1n) is 8.77. The Morgan fingerprint density at radius 1 is 1.40 bits per heavy atom. The van der Waals surface area contributed by atoms with Crippen LogP contribution in [0.3, 0.4) is 0 Å². The fourth-order valence-corrected chi connectivity index (χ4v) is 4.36. The lowest BCUT2D eigenvalue weighted by Gasteiger charge is -2.42. The third-order valence-corrected chi connectivity index (χ3v) is 5.73. The van der Waals surface area contributed by atoms with Crippen LogP contribution in [0, 0.1) is 0 Å². The van der Waals surface area contributed by atoms with E-state index in [9.17, 15) is 9.90 Å². The second-order valence-electron chi connectivity index (χ2n) is 6.94. The number of rotatable bonds is 3. The van der Waals surface area contributed by atoms with E-state index in [4.69, 9.17) is 4.74 Å². The number of aromatic amines is 1. The molecule has 4 rings (SSSR count). The molecule has 1 aliphatic carbocycles. The van der Waals surface area contributed by atoms with Crippen LogP contribution in [-0.4, -0.2) is 57.3 Å².